The van der Waals surface area contributed by atoms with Crippen molar-refractivity contribution in [2.75, 3.05) is 32.7 Å². The van der Waals surface area contributed by atoms with Crippen LogP contribution in [0.4, 0.5) is 0 Å². The summed E-state index contributed by atoms with van der Waals surface area (Å²) in [7, 11) is 0. The molecule has 0 radical (unpaired) electrons. The molecule has 1 N–H and O–H groups in total. The van der Waals surface area contributed by atoms with E-state index in [0.29, 0.717) is 18.6 Å². The Morgan fingerprint density at radius 1 is 1.07 bits per heavy atom. The van der Waals surface area contributed by atoms with Gasteiger partial charge in [-0.05, 0) is 44.7 Å². The molecule has 0 unspecified atom stereocenters. The highest BCUT2D eigenvalue weighted by molar-refractivity contribution is 6.39. The topological polar surface area (TPSA) is 65.0 Å². The molecule has 1 atom stereocenters. The summed E-state index contributed by atoms with van der Waals surface area (Å²) in [6.07, 6.45) is 12.9. The molecule has 0 aromatic carbocycles. The fourth-order valence-electron chi connectivity index (χ4n) is 5.59. The van der Waals surface area contributed by atoms with Crippen molar-refractivity contribution in [3.05, 3.63) is 0 Å². The second-order valence-corrected chi connectivity index (χ2v) is 9.24. The lowest BCUT2D eigenvalue weighted by Gasteiger charge is -2.41. The Bertz CT molecular complexity index is 599. The molecule has 0 aromatic rings. The van der Waals surface area contributed by atoms with Crippen molar-refractivity contribution >= 4 is 17.5 Å². The molecule has 27 heavy (non-hydrogen) atoms. The summed E-state index contributed by atoms with van der Waals surface area (Å²) in [5.41, 5.74) is 3.26. The summed E-state index contributed by atoms with van der Waals surface area (Å²) in [4.78, 5) is 28.7. The standard InChI is InChI=1S/C21H34N4O2/c26-19-8-7-18(22-23-19)20(27)25-14-11-21(16-25)10-4-12-24(15-21)13-9-17-5-2-1-3-6-17/h17H,1-16H2,(H,23,26)/t21-/m0/s1. The van der Waals surface area contributed by atoms with Gasteiger partial charge in [-0.1, -0.05) is 32.1 Å². The highest BCUT2D eigenvalue weighted by Crippen LogP contribution is 2.39. The molecule has 2 saturated heterocycles. The van der Waals surface area contributed by atoms with Crippen LogP contribution in [-0.2, 0) is 9.59 Å². The van der Waals surface area contributed by atoms with Gasteiger partial charge in [-0.15, -0.1) is 0 Å². The van der Waals surface area contributed by atoms with Gasteiger partial charge in [-0.3, -0.25) is 9.59 Å². The SMILES string of the molecule is O=C1CCC(C(=O)N2CC[C@]3(CCCN(CCC4CCCCC4)C3)C2)=NN1. The molecule has 6 nitrogen and oxygen atoms in total. The molecule has 1 spiro atoms. The molecule has 150 valence electrons. The lowest BCUT2D eigenvalue weighted by Crippen LogP contribution is -2.46. The van der Waals surface area contributed by atoms with E-state index in [4.69, 9.17) is 0 Å². The third kappa shape index (κ3) is 4.53. The molecule has 3 fully saturated rings. The molecule has 2 amide bonds. The van der Waals surface area contributed by atoms with Gasteiger partial charge in [0, 0.05) is 37.9 Å². The number of hydrogen-bond donors (Lipinski definition) is 1. The van der Waals surface area contributed by atoms with Gasteiger partial charge in [0.25, 0.3) is 5.91 Å². The maximum absolute atomic E-state index is 12.8. The first-order valence-electron chi connectivity index (χ1n) is 11.0. The van der Waals surface area contributed by atoms with Crippen molar-refractivity contribution < 1.29 is 9.59 Å². The van der Waals surface area contributed by atoms with E-state index in [2.05, 4.69) is 15.4 Å². The number of hydrogen-bond acceptors (Lipinski definition) is 4. The van der Waals surface area contributed by atoms with E-state index in [1.54, 1.807) is 0 Å². The van der Waals surface area contributed by atoms with E-state index >= 15 is 0 Å². The zero-order valence-corrected chi connectivity index (χ0v) is 16.5. The number of rotatable bonds is 4. The van der Waals surface area contributed by atoms with Crippen LogP contribution >= 0.6 is 0 Å². The number of nitrogens with zero attached hydrogens (tertiary/aromatic N) is 3. The number of piperidine rings is 1. The van der Waals surface area contributed by atoms with Crippen LogP contribution in [0.5, 0.6) is 0 Å². The van der Waals surface area contributed by atoms with Crippen LogP contribution in [-0.4, -0.2) is 60.0 Å². The molecule has 3 aliphatic heterocycles. The molecule has 4 rings (SSSR count). The van der Waals surface area contributed by atoms with Crippen LogP contribution in [0.1, 0.15) is 70.6 Å². The van der Waals surface area contributed by atoms with Gasteiger partial charge in [-0.25, -0.2) is 5.43 Å². The Hall–Kier alpha value is -1.43. The van der Waals surface area contributed by atoms with E-state index in [1.165, 1.54) is 64.5 Å². The lowest BCUT2D eigenvalue weighted by molar-refractivity contribution is -0.124. The minimum atomic E-state index is -0.0923. The fraction of sp³-hybridized carbons (Fsp3) is 0.857. The summed E-state index contributed by atoms with van der Waals surface area (Å²) >= 11 is 0. The van der Waals surface area contributed by atoms with Crippen molar-refractivity contribution in [1.29, 1.82) is 0 Å². The average molecular weight is 375 g/mol. The summed E-state index contributed by atoms with van der Waals surface area (Å²) in [6, 6.07) is 0. The Labute approximate surface area is 162 Å². The van der Waals surface area contributed by atoms with Crippen LogP contribution in [0.15, 0.2) is 5.10 Å². The number of carbonyl (C=O) groups is 2. The van der Waals surface area contributed by atoms with Gasteiger partial charge in [0.15, 0.2) is 0 Å². The van der Waals surface area contributed by atoms with Crippen molar-refractivity contribution in [1.82, 2.24) is 15.2 Å². The van der Waals surface area contributed by atoms with Crippen LogP contribution in [0.2, 0.25) is 0 Å². The predicted molar refractivity (Wildman–Crippen MR) is 105 cm³/mol. The number of nitrogens with one attached hydrogen (secondary N) is 1. The van der Waals surface area contributed by atoms with Gasteiger partial charge in [0.1, 0.15) is 5.71 Å². The average Bonchev–Trinajstić information content (AvgIpc) is 3.10. The van der Waals surface area contributed by atoms with E-state index in [1.807, 2.05) is 4.90 Å². The smallest absolute Gasteiger partial charge is 0.270 e. The minimum Gasteiger partial charge on any atom is -0.337 e. The Morgan fingerprint density at radius 2 is 1.93 bits per heavy atom. The van der Waals surface area contributed by atoms with Crippen LogP contribution in [0, 0.1) is 11.3 Å². The Morgan fingerprint density at radius 3 is 2.70 bits per heavy atom. The van der Waals surface area contributed by atoms with Gasteiger partial charge >= 0.3 is 0 Å². The van der Waals surface area contributed by atoms with Gasteiger partial charge < -0.3 is 9.80 Å². The molecule has 6 heteroatoms. The third-order valence-corrected chi connectivity index (χ3v) is 7.20. The van der Waals surface area contributed by atoms with E-state index in [0.717, 1.165) is 32.0 Å². The molecular formula is C21H34N4O2. The molecule has 0 aromatic heterocycles. The third-order valence-electron chi connectivity index (χ3n) is 7.20. The van der Waals surface area contributed by atoms with Crippen molar-refractivity contribution in [3.63, 3.8) is 0 Å². The number of amides is 2. The largest absolute Gasteiger partial charge is 0.337 e. The zero-order valence-electron chi connectivity index (χ0n) is 16.5. The minimum absolute atomic E-state index is 0.0335. The fourth-order valence-corrected chi connectivity index (χ4v) is 5.59. The Kier molecular flexibility index (Phi) is 5.81. The van der Waals surface area contributed by atoms with Crippen molar-refractivity contribution in [2.24, 2.45) is 16.4 Å². The molecule has 4 aliphatic rings. The van der Waals surface area contributed by atoms with E-state index < -0.39 is 0 Å². The number of carbonyl (C=O) groups excluding carboxylic acids is 2. The first kappa shape index (κ1) is 18.9. The molecule has 0 bridgehead atoms. The molecule has 3 heterocycles. The van der Waals surface area contributed by atoms with Crippen molar-refractivity contribution in [2.45, 2.75) is 70.6 Å². The van der Waals surface area contributed by atoms with Crippen molar-refractivity contribution in [3.8, 4) is 0 Å². The number of hydrazone groups is 1. The second-order valence-electron chi connectivity index (χ2n) is 9.24. The van der Waals surface area contributed by atoms with Gasteiger partial charge in [-0.2, -0.15) is 5.10 Å². The van der Waals surface area contributed by atoms with Crippen LogP contribution in [0.3, 0.4) is 0 Å². The molecule has 1 saturated carbocycles. The maximum atomic E-state index is 12.8. The quantitative estimate of drug-likeness (QED) is 0.822. The predicted octanol–water partition coefficient (Wildman–Crippen LogP) is 2.54. The first-order valence-corrected chi connectivity index (χ1v) is 11.0. The summed E-state index contributed by atoms with van der Waals surface area (Å²) in [5, 5.41) is 4.00. The highest BCUT2D eigenvalue weighted by atomic mass is 16.2. The number of likely N-dealkylation sites (tertiary alicyclic amines) is 2. The monoisotopic (exact) mass is 374 g/mol. The van der Waals surface area contributed by atoms with Crippen LogP contribution < -0.4 is 5.43 Å². The molecule has 1 aliphatic carbocycles. The normalized spacial score (nSPS) is 30.4. The van der Waals surface area contributed by atoms with E-state index in [9.17, 15) is 9.59 Å². The maximum Gasteiger partial charge on any atom is 0.270 e. The van der Waals surface area contributed by atoms with E-state index in [-0.39, 0.29) is 17.2 Å². The Balaban J connectivity index is 1.29. The highest BCUT2D eigenvalue weighted by Gasteiger charge is 2.43. The van der Waals surface area contributed by atoms with Gasteiger partial charge in [0.05, 0.1) is 0 Å². The first-order chi connectivity index (χ1) is 13.1. The zero-order chi connectivity index (χ0) is 18.7. The molecular weight excluding hydrogens is 340 g/mol. The second kappa shape index (κ2) is 8.29. The summed E-state index contributed by atoms with van der Waals surface area (Å²) in [5.74, 6) is 0.884. The van der Waals surface area contributed by atoms with Gasteiger partial charge in [0.2, 0.25) is 5.91 Å². The summed E-state index contributed by atoms with van der Waals surface area (Å²) in [6.45, 7) is 5.30. The lowest BCUT2D eigenvalue weighted by atomic mass is 9.79. The van der Waals surface area contributed by atoms with Crippen LogP contribution in [0.25, 0.3) is 0 Å². The summed E-state index contributed by atoms with van der Waals surface area (Å²) < 4.78 is 0.